The zero-order valence-electron chi connectivity index (χ0n) is 10.0. The van der Waals surface area contributed by atoms with E-state index >= 15 is 0 Å². The summed E-state index contributed by atoms with van der Waals surface area (Å²) in [6.07, 6.45) is 1.68. The molecule has 1 aromatic rings. The highest BCUT2D eigenvalue weighted by atomic mass is 16.6. The molecule has 7 heteroatoms. The number of hydrogen-bond donors (Lipinski definition) is 1. The molecule has 1 amide bonds. The summed E-state index contributed by atoms with van der Waals surface area (Å²) in [6, 6.07) is 1.69. The van der Waals surface area contributed by atoms with Gasteiger partial charge in [0.1, 0.15) is 12.0 Å². The van der Waals surface area contributed by atoms with Gasteiger partial charge >= 0.3 is 0 Å². The molecule has 2 rings (SSSR count). The average Bonchev–Trinajstić information content (AvgIpc) is 2.53. The Morgan fingerprint density at radius 1 is 1.50 bits per heavy atom. The van der Waals surface area contributed by atoms with Crippen LogP contribution in [0.15, 0.2) is 12.3 Å². The molecular formula is C11H14N4O3. The van der Waals surface area contributed by atoms with E-state index < -0.39 is 4.92 Å². The lowest BCUT2D eigenvalue weighted by atomic mass is 10.2. The Bertz CT molecular complexity index is 489. The molecule has 1 N–H and O–H groups in total. The number of anilines is 1. The van der Waals surface area contributed by atoms with Crippen molar-refractivity contribution < 1.29 is 9.72 Å². The van der Waals surface area contributed by atoms with Crippen LogP contribution in [0, 0.1) is 17.0 Å². The van der Waals surface area contributed by atoms with Crippen molar-refractivity contribution in [2.75, 3.05) is 24.5 Å². The number of carbonyl (C=O) groups excluding carboxylic acids is 1. The fourth-order valence-corrected chi connectivity index (χ4v) is 1.89. The number of carbonyl (C=O) groups is 1. The molecule has 0 aliphatic carbocycles. The van der Waals surface area contributed by atoms with Gasteiger partial charge in [-0.05, 0) is 13.0 Å². The van der Waals surface area contributed by atoms with Crippen molar-refractivity contribution >= 4 is 17.4 Å². The molecule has 2 heterocycles. The molecule has 1 fully saturated rings. The van der Waals surface area contributed by atoms with Crippen molar-refractivity contribution in [2.24, 2.45) is 0 Å². The second-order valence-electron chi connectivity index (χ2n) is 4.17. The third-order valence-electron chi connectivity index (χ3n) is 2.90. The van der Waals surface area contributed by atoms with Gasteiger partial charge < -0.3 is 10.2 Å². The summed E-state index contributed by atoms with van der Waals surface area (Å²) in [5.74, 6) is 0.700. The van der Waals surface area contributed by atoms with Crippen molar-refractivity contribution in [1.82, 2.24) is 10.3 Å². The standard InChI is InChI=1S/C11H14N4O3/c1-8-6-10(13-7-9(8)15(17)18)14-4-2-11(16)12-3-5-14/h6-7H,2-5H2,1H3,(H,12,16). The topological polar surface area (TPSA) is 88.4 Å². The molecule has 0 unspecified atom stereocenters. The van der Waals surface area contributed by atoms with Crippen molar-refractivity contribution in [3.8, 4) is 0 Å². The molecule has 0 bridgehead atoms. The Kier molecular flexibility index (Phi) is 3.40. The van der Waals surface area contributed by atoms with Crippen molar-refractivity contribution in [1.29, 1.82) is 0 Å². The second kappa shape index (κ2) is 4.99. The van der Waals surface area contributed by atoms with Gasteiger partial charge in [-0.25, -0.2) is 4.98 Å². The number of nitrogens with one attached hydrogen (secondary N) is 1. The third kappa shape index (κ3) is 2.55. The van der Waals surface area contributed by atoms with Crippen LogP contribution in [0.5, 0.6) is 0 Å². The molecule has 1 aromatic heterocycles. The molecule has 1 aliphatic rings. The van der Waals surface area contributed by atoms with Gasteiger partial charge in [-0.1, -0.05) is 0 Å². The maximum atomic E-state index is 11.2. The van der Waals surface area contributed by atoms with Crippen LogP contribution in [-0.2, 0) is 4.79 Å². The highest BCUT2D eigenvalue weighted by Crippen LogP contribution is 2.21. The second-order valence-corrected chi connectivity index (χ2v) is 4.17. The summed E-state index contributed by atoms with van der Waals surface area (Å²) in [4.78, 5) is 27.5. The lowest BCUT2D eigenvalue weighted by Crippen LogP contribution is -2.29. The zero-order valence-corrected chi connectivity index (χ0v) is 10.0. The fraction of sp³-hybridized carbons (Fsp3) is 0.455. The third-order valence-corrected chi connectivity index (χ3v) is 2.90. The summed E-state index contributed by atoms with van der Waals surface area (Å²) >= 11 is 0. The first-order chi connectivity index (χ1) is 8.58. The van der Waals surface area contributed by atoms with E-state index in [4.69, 9.17) is 0 Å². The number of nitro groups is 1. The molecular weight excluding hydrogens is 236 g/mol. The first kappa shape index (κ1) is 12.3. The molecule has 0 atom stereocenters. The van der Waals surface area contributed by atoms with E-state index in [0.717, 1.165) is 0 Å². The van der Waals surface area contributed by atoms with Crippen LogP contribution < -0.4 is 10.2 Å². The smallest absolute Gasteiger partial charge is 0.290 e. The van der Waals surface area contributed by atoms with Gasteiger partial charge in [-0.3, -0.25) is 14.9 Å². The number of hydrogen-bond acceptors (Lipinski definition) is 5. The van der Waals surface area contributed by atoms with Gasteiger partial charge in [0.15, 0.2) is 0 Å². The summed E-state index contributed by atoms with van der Waals surface area (Å²) < 4.78 is 0. The minimum Gasteiger partial charge on any atom is -0.354 e. The summed E-state index contributed by atoms with van der Waals surface area (Å²) in [6.45, 7) is 3.49. The van der Waals surface area contributed by atoms with Gasteiger partial charge in [0.2, 0.25) is 5.91 Å². The molecule has 18 heavy (non-hydrogen) atoms. The molecule has 0 radical (unpaired) electrons. The predicted molar refractivity (Wildman–Crippen MR) is 65.5 cm³/mol. The Hall–Kier alpha value is -2.18. The van der Waals surface area contributed by atoms with Gasteiger partial charge in [0.05, 0.1) is 4.92 Å². The van der Waals surface area contributed by atoms with E-state index in [1.165, 1.54) is 6.20 Å². The Morgan fingerprint density at radius 3 is 2.94 bits per heavy atom. The van der Waals surface area contributed by atoms with E-state index in [1.807, 2.05) is 4.90 Å². The minimum absolute atomic E-state index is 0.0165. The molecule has 7 nitrogen and oxygen atoms in total. The van der Waals surface area contributed by atoms with Gasteiger partial charge in [0.25, 0.3) is 5.69 Å². The van der Waals surface area contributed by atoms with Crippen molar-refractivity contribution in [3.63, 3.8) is 0 Å². The summed E-state index contributed by atoms with van der Waals surface area (Å²) in [5.41, 5.74) is 0.594. The SMILES string of the molecule is Cc1cc(N2CCNC(=O)CC2)ncc1[N+](=O)[O-]. The van der Waals surface area contributed by atoms with Crippen LogP contribution >= 0.6 is 0 Å². The number of rotatable bonds is 2. The zero-order chi connectivity index (χ0) is 13.1. The van der Waals surface area contributed by atoms with Crippen molar-refractivity contribution in [2.45, 2.75) is 13.3 Å². The summed E-state index contributed by atoms with van der Waals surface area (Å²) in [5, 5.41) is 13.5. The van der Waals surface area contributed by atoms with E-state index in [2.05, 4.69) is 10.3 Å². The lowest BCUT2D eigenvalue weighted by Gasteiger charge is -2.20. The number of aryl methyl sites for hydroxylation is 1. The van der Waals surface area contributed by atoms with Gasteiger partial charge in [0, 0.05) is 31.6 Å². The molecule has 1 saturated heterocycles. The first-order valence-corrected chi connectivity index (χ1v) is 5.70. The number of nitrogens with zero attached hydrogens (tertiary/aromatic N) is 3. The van der Waals surface area contributed by atoms with Crippen LogP contribution in [0.3, 0.4) is 0 Å². The number of pyridine rings is 1. The number of amides is 1. The summed E-state index contributed by atoms with van der Waals surface area (Å²) in [7, 11) is 0. The van der Waals surface area contributed by atoms with E-state index in [0.29, 0.717) is 37.4 Å². The largest absolute Gasteiger partial charge is 0.354 e. The van der Waals surface area contributed by atoms with Crippen LogP contribution in [-0.4, -0.2) is 35.4 Å². The van der Waals surface area contributed by atoms with E-state index in [9.17, 15) is 14.9 Å². The molecule has 1 aliphatic heterocycles. The number of aromatic nitrogens is 1. The van der Waals surface area contributed by atoms with Crippen LogP contribution in [0.2, 0.25) is 0 Å². The van der Waals surface area contributed by atoms with E-state index in [1.54, 1.807) is 13.0 Å². The van der Waals surface area contributed by atoms with Crippen molar-refractivity contribution in [3.05, 3.63) is 27.9 Å². The average molecular weight is 250 g/mol. The van der Waals surface area contributed by atoms with Crippen LogP contribution in [0.25, 0.3) is 0 Å². The molecule has 0 spiro atoms. The Morgan fingerprint density at radius 2 is 2.28 bits per heavy atom. The van der Waals surface area contributed by atoms with E-state index in [-0.39, 0.29) is 11.6 Å². The first-order valence-electron chi connectivity index (χ1n) is 5.70. The monoisotopic (exact) mass is 250 g/mol. The van der Waals surface area contributed by atoms with Crippen LogP contribution in [0.4, 0.5) is 11.5 Å². The van der Waals surface area contributed by atoms with Gasteiger partial charge in [-0.2, -0.15) is 0 Å². The normalized spacial score (nSPS) is 16.1. The Labute approximate surface area is 104 Å². The van der Waals surface area contributed by atoms with Crippen LogP contribution in [0.1, 0.15) is 12.0 Å². The fourth-order valence-electron chi connectivity index (χ4n) is 1.89. The lowest BCUT2D eigenvalue weighted by molar-refractivity contribution is -0.385. The molecule has 0 aromatic carbocycles. The Balaban J connectivity index is 2.20. The highest BCUT2D eigenvalue weighted by Gasteiger charge is 2.17. The predicted octanol–water partition coefficient (Wildman–Crippen LogP) is 0.625. The molecule has 0 saturated carbocycles. The minimum atomic E-state index is -0.445. The highest BCUT2D eigenvalue weighted by molar-refractivity contribution is 5.77. The maximum absolute atomic E-state index is 11.2. The van der Waals surface area contributed by atoms with Gasteiger partial charge in [-0.15, -0.1) is 0 Å². The quantitative estimate of drug-likeness (QED) is 0.614. The maximum Gasteiger partial charge on any atom is 0.290 e. The molecule has 96 valence electrons.